The predicted octanol–water partition coefficient (Wildman–Crippen LogP) is 3.78. The topological polar surface area (TPSA) is 84.9 Å². The number of halogens is 1. The van der Waals surface area contributed by atoms with Crippen molar-refractivity contribution >= 4 is 34.9 Å². The van der Waals surface area contributed by atoms with E-state index in [4.69, 9.17) is 11.6 Å². The van der Waals surface area contributed by atoms with Gasteiger partial charge in [-0.05, 0) is 75.1 Å². The molecule has 32 heavy (non-hydrogen) atoms. The molecule has 0 aromatic heterocycles. The van der Waals surface area contributed by atoms with Gasteiger partial charge < -0.3 is 20.6 Å². The van der Waals surface area contributed by atoms with E-state index in [0.29, 0.717) is 28.5 Å². The van der Waals surface area contributed by atoms with Gasteiger partial charge in [-0.1, -0.05) is 36.7 Å². The van der Waals surface area contributed by atoms with Gasteiger partial charge in [0.05, 0.1) is 5.69 Å². The van der Waals surface area contributed by atoms with Crippen LogP contribution in [0.2, 0.25) is 5.02 Å². The molecular weight excluding hydrogens is 428 g/mol. The Balaban J connectivity index is 1.52. The van der Waals surface area contributed by atoms with Crippen molar-refractivity contribution in [2.24, 2.45) is 5.92 Å². The number of fused-ring (bicyclic) bond motifs is 1. The van der Waals surface area contributed by atoms with E-state index in [0.717, 1.165) is 36.9 Å². The van der Waals surface area contributed by atoms with Gasteiger partial charge in [-0.25, -0.2) is 4.79 Å². The van der Waals surface area contributed by atoms with Crippen molar-refractivity contribution in [3.8, 4) is 0 Å². The Hall–Kier alpha value is -2.61. The number of aliphatic hydroxyl groups is 1. The number of anilines is 2. The number of nitrogens with zero attached hydrogens (tertiary/aromatic N) is 2. The standard InChI is InChI=1S/C24H29ClN4O3/c1-17-11-15-28(16-12-17)14-4-13-26-22(30)24(32)20-5-2-3-6-21(20)27-23(31)29(24)19-9-7-18(25)8-10-19/h2-3,5-10,17,32H,4,11-16H2,1H3,(H,26,30)(H,27,31)/t24-/m0/s1. The van der Waals surface area contributed by atoms with Crippen LogP contribution in [-0.2, 0) is 10.5 Å². The van der Waals surface area contributed by atoms with E-state index < -0.39 is 17.7 Å². The molecule has 0 aliphatic carbocycles. The molecule has 8 heteroatoms. The van der Waals surface area contributed by atoms with Crippen molar-refractivity contribution in [1.82, 2.24) is 10.2 Å². The van der Waals surface area contributed by atoms with Crippen molar-refractivity contribution in [1.29, 1.82) is 0 Å². The van der Waals surface area contributed by atoms with Gasteiger partial charge in [-0.3, -0.25) is 9.69 Å². The summed E-state index contributed by atoms with van der Waals surface area (Å²) in [7, 11) is 0. The van der Waals surface area contributed by atoms with E-state index in [9.17, 15) is 14.7 Å². The van der Waals surface area contributed by atoms with Gasteiger partial charge >= 0.3 is 6.03 Å². The third kappa shape index (κ3) is 4.46. The van der Waals surface area contributed by atoms with Crippen LogP contribution in [0.25, 0.3) is 0 Å². The number of hydrogen-bond donors (Lipinski definition) is 3. The lowest BCUT2D eigenvalue weighted by molar-refractivity contribution is -0.140. The average Bonchev–Trinajstić information content (AvgIpc) is 2.79. The van der Waals surface area contributed by atoms with Gasteiger partial charge in [0.25, 0.3) is 11.6 Å². The largest absolute Gasteiger partial charge is 0.359 e. The summed E-state index contributed by atoms with van der Waals surface area (Å²) in [6.45, 7) is 5.74. The number of nitrogens with one attached hydrogen (secondary N) is 2. The van der Waals surface area contributed by atoms with Crippen LogP contribution in [0.1, 0.15) is 31.7 Å². The summed E-state index contributed by atoms with van der Waals surface area (Å²) in [5, 5.41) is 17.8. The van der Waals surface area contributed by atoms with Crippen LogP contribution < -0.4 is 15.5 Å². The van der Waals surface area contributed by atoms with Crippen LogP contribution >= 0.6 is 11.6 Å². The fraction of sp³-hybridized carbons (Fsp3) is 0.417. The molecule has 1 saturated heterocycles. The number of likely N-dealkylation sites (tertiary alicyclic amines) is 1. The summed E-state index contributed by atoms with van der Waals surface area (Å²) >= 11 is 5.99. The molecule has 0 radical (unpaired) electrons. The summed E-state index contributed by atoms with van der Waals surface area (Å²) in [6.07, 6.45) is 3.17. The average molecular weight is 457 g/mol. The van der Waals surface area contributed by atoms with Crippen LogP contribution in [-0.4, -0.2) is 48.1 Å². The van der Waals surface area contributed by atoms with Gasteiger partial charge in [0, 0.05) is 22.8 Å². The summed E-state index contributed by atoms with van der Waals surface area (Å²) in [4.78, 5) is 29.8. The molecule has 1 atom stereocenters. The normalized spacial score (nSPS) is 21.7. The van der Waals surface area contributed by atoms with Gasteiger partial charge in [0.2, 0.25) is 0 Å². The lowest BCUT2D eigenvalue weighted by Gasteiger charge is -2.42. The zero-order valence-corrected chi connectivity index (χ0v) is 18.9. The molecule has 2 aromatic rings. The van der Waals surface area contributed by atoms with Crippen LogP contribution in [0.15, 0.2) is 48.5 Å². The number of carbonyl (C=O) groups excluding carboxylic acids is 2. The smallest absolute Gasteiger partial charge is 0.329 e. The van der Waals surface area contributed by atoms with Crippen molar-refractivity contribution in [2.45, 2.75) is 31.9 Å². The van der Waals surface area contributed by atoms with Gasteiger partial charge in [-0.15, -0.1) is 0 Å². The van der Waals surface area contributed by atoms with Gasteiger partial charge in [0.1, 0.15) is 0 Å². The maximum absolute atomic E-state index is 13.4. The zero-order valence-electron chi connectivity index (χ0n) is 18.2. The van der Waals surface area contributed by atoms with Crippen LogP contribution in [0.3, 0.4) is 0 Å². The Kier molecular flexibility index (Phi) is 6.69. The molecule has 3 amide bonds. The number of piperidine rings is 1. The molecular formula is C24H29ClN4O3. The predicted molar refractivity (Wildman–Crippen MR) is 126 cm³/mol. The SMILES string of the molecule is CC1CCN(CCCNC(=O)[C@@]2(O)c3ccccc3NC(=O)N2c2ccc(Cl)cc2)CC1. The molecule has 0 bridgehead atoms. The van der Waals surface area contributed by atoms with Crippen molar-refractivity contribution < 1.29 is 14.7 Å². The minimum atomic E-state index is -2.19. The summed E-state index contributed by atoms with van der Waals surface area (Å²) in [6, 6.07) is 12.6. The molecule has 2 aliphatic heterocycles. The first kappa shape index (κ1) is 22.6. The first-order chi connectivity index (χ1) is 15.4. The molecule has 0 spiro atoms. The molecule has 7 nitrogen and oxygen atoms in total. The monoisotopic (exact) mass is 456 g/mol. The second-order valence-corrected chi connectivity index (χ2v) is 9.03. The van der Waals surface area contributed by atoms with Crippen molar-refractivity contribution in [2.75, 3.05) is 36.4 Å². The second-order valence-electron chi connectivity index (χ2n) is 8.59. The number of benzene rings is 2. The van der Waals surface area contributed by atoms with Crippen LogP contribution in [0.5, 0.6) is 0 Å². The van der Waals surface area contributed by atoms with E-state index >= 15 is 0 Å². The first-order valence-corrected chi connectivity index (χ1v) is 11.5. The molecule has 2 aromatic carbocycles. The molecule has 1 fully saturated rings. The summed E-state index contributed by atoms with van der Waals surface area (Å²) in [5.74, 6) is 0.138. The maximum atomic E-state index is 13.4. The number of urea groups is 1. The van der Waals surface area contributed by atoms with E-state index in [-0.39, 0.29) is 0 Å². The Labute approximate surface area is 193 Å². The lowest BCUT2D eigenvalue weighted by Crippen LogP contribution is -2.62. The number of amides is 3. The highest BCUT2D eigenvalue weighted by molar-refractivity contribution is 6.30. The van der Waals surface area contributed by atoms with Gasteiger partial charge in [-0.2, -0.15) is 0 Å². The highest BCUT2D eigenvalue weighted by Crippen LogP contribution is 2.39. The number of rotatable bonds is 6. The number of carbonyl (C=O) groups is 2. The lowest BCUT2D eigenvalue weighted by atomic mass is 9.94. The zero-order chi connectivity index (χ0) is 22.7. The Morgan fingerprint density at radius 1 is 1.19 bits per heavy atom. The highest BCUT2D eigenvalue weighted by atomic mass is 35.5. The molecule has 2 heterocycles. The summed E-state index contributed by atoms with van der Waals surface area (Å²) in [5.41, 5.74) is -1.10. The quantitative estimate of drug-likeness (QED) is 0.577. The molecule has 2 aliphatic rings. The molecule has 0 saturated carbocycles. The van der Waals surface area contributed by atoms with E-state index in [1.165, 1.54) is 12.8 Å². The van der Waals surface area contributed by atoms with Crippen molar-refractivity contribution in [3.05, 3.63) is 59.1 Å². The van der Waals surface area contributed by atoms with E-state index in [1.54, 1.807) is 48.5 Å². The fourth-order valence-electron chi connectivity index (χ4n) is 4.37. The van der Waals surface area contributed by atoms with E-state index in [2.05, 4.69) is 22.5 Å². The van der Waals surface area contributed by atoms with Crippen LogP contribution in [0.4, 0.5) is 16.2 Å². The fourth-order valence-corrected chi connectivity index (χ4v) is 4.49. The number of hydrogen-bond acceptors (Lipinski definition) is 4. The Morgan fingerprint density at radius 3 is 2.59 bits per heavy atom. The minimum absolute atomic E-state index is 0.317. The first-order valence-electron chi connectivity index (χ1n) is 11.1. The van der Waals surface area contributed by atoms with E-state index in [1.807, 2.05) is 0 Å². The van der Waals surface area contributed by atoms with Gasteiger partial charge in [0.15, 0.2) is 0 Å². The third-order valence-corrected chi connectivity index (χ3v) is 6.54. The molecule has 3 N–H and O–H groups in total. The van der Waals surface area contributed by atoms with Crippen LogP contribution in [0, 0.1) is 5.92 Å². The van der Waals surface area contributed by atoms with Crippen molar-refractivity contribution in [3.63, 3.8) is 0 Å². The highest BCUT2D eigenvalue weighted by Gasteiger charge is 2.51. The molecule has 0 unspecified atom stereocenters. The Bertz CT molecular complexity index is 975. The minimum Gasteiger partial charge on any atom is -0.359 e. The molecule has 170 valence electrons. The Morgan fingerprint density at radius 2 is 1.88 bits per heavy atom. The molecule has 4 rings (SSSR count). The second kappa shape index (κ2) is 9.48. The summed E-state index contributed by atoms with van der Waals surface area (Å²) < 4.78 is 0. The number of para-hydroxylation sites is 1. The maximum Gasteiger partial charge on any atom is 0.329 e. The third-order valence-electron chi connectivity index (χ3n) is 6.29.